The van der Waals surface area contributed by atoms with Gasteiger partial charge in [-0.2, -0.15) is 22.6 Å². The van der Waals surface area contributed by atoms with Crippen molar-refractivity contribution in [1.82, 2.24) is 4.57 Å². The van der Waals surface area contributed by atoms with Crippen molar-refractivity contribution in [2.45, 2.75) is 33.9 Å². The lowest BCUT2D eigenvalue weighted by atomic mass is 9.83. The summed E-state index contributed by atoms with van der Waals surface area (Å²) in [5.41, 5.74) is -0.467. The van der Waals surface area contributed by atoms with Crippen LogP contribution < -0.4 is 0 Å². The van der Waals surface area contributed by atoms with E-state index >= 15 is 0 Å². The lowest BCUT2D eigenvalue weighted by Crippen LogP contribution is -2.45. The average molecular weight is 815 g/mol. The Kier molecular flexibility index (Phi) is 10.6. The molecule has 1 aliphatic heterocycles. The largest absolute Gasteiger partial charge is 0.432 e. The minimum absolute atomic E-state index is 0.0107. The number of alkyl halides is 7. The summed E-state index contributed by atoms with van der Waals surface area (Å²) in [6.45, 7) is 1.63. The molecule has 6 nitrogen and oxygen atoms in total. The van der Waals surface area contributed by atoms with E-state index in [0.717, 1.165) is 4.57 Å². The molecule has 18 heteroatoms. The number of halogens is 11. The van der Waals surface area contributed by atoms with Crippen molar-refractivity contribution in [3.05, 3.63) is 55.1 Å². The van der Waals surface area contributed by atoms with Gasteiger partial charge in [-0.3, -0.25) is 8.37 Å². The van der Waals surface area contributed by atoms with Crippen molar-refractivity contribution in [2.24, 2.45) is 11.8 Å². The van der Waals surface area contributed by atoms with Crippen molar-refractivity contribution in [3.8, 4) is 17.3 Å². The van der Waals surface area contributed by atoms with Gasteiger partial charge in [0, 0.05) is 23.5 Å². The topological polar surface area (TPSA) is 73.5 Å². The summed E-state index contributed by atoms with van der Waals surface area (Å²) in [5.74, 6) is -0.911. The molecule has 2 fully saturated rings. The van der Waals surface area contributed by atoms with E-state index in [4.69, 9.17) is 94.3 Å². The number of hydrogen-bond donors (Lipinski definition) is 0. The zero-order valence-electron chi connectivity index (χ0n) is 20.9. The van der Waals surface area contributed by atoms with Crippen molar-refractivity contribution in [2.75, 3.05) is 19.8 Å². The second-order valence-corrected chi connectivity index (χ2v) is 14.5. The number of rotatable bonds is 4. The van der Waals surface area contributed by atoms with E-state index in [0.29, 0.717) is 10.6 Å². The number of ether oxygens (including phenoxy) is 1. The molecule has 2 aromatic rings. The second kappa shape index (κ2) is 12.7. The van der Waals surface area contributed by atoms with Crippen molar-refractivity contribution >= 4 is 108 Å². The van der Waals surface area contributed by atoms with Crippen molar-refractivity contribution in [1.29, 1.82) is 5.26 Å². The molecule has 2 bridgehead atoms. The van der Waals surface area contributed by atoms with Crippen molar-refractivity contribution < 1.29 is 30.5 Å². The monoisotopic (exact) mass is 810 g/mol. The first-order valence-corrected chi connectivity index (χ1v) is 16.2. The Morgan fingerprint density at radius 2 is 1.57 bits per heavy atom. The van der Waals surface area contributed by atoms with Gasteiger partial charge in [0.25, 0.3) is 0 Å². The van der Waals surface area contributed by atoms with Crippen LogP contribution in [0.2, 0.25) is 5.02 Å². The molecule has 2 heterocycles. The zero-order valence-corrected chi connectivity index (χ0v) is 28.6. The fraction of sp³-hybridized carbons (Fsp3) is 0.458. The Morgan fingerprint density at radius 3 is 2.00 bits per heavy atom. The van der Waals surface area contributed by atoms with Gasteiger partial charge in [0.1, 0.15) is 28.2 Å². The molecule has 0 amide bonds. The van der Waals surface area contributed by atoms with Gasteiger partial charge in [0.15, 0.2) is 4.33 Å². The standard InChI is InChI=1S/C15H11BrClF3N2O.C9H6Cl6O3S/c1-2-23-8-22-13(9-3-5-10(17)6-4-9)11(7-21)12(16)14(22)15(18,19)20;10-5-6(11)8(13)4-2-18-19(16)17-1-3(4)7(5,12)9(8,14)15/h3-6H,2,8H2,1H3;3-4H,1-2H2/t;3-,4+,7+,8-,19+. The summed E-state index contributed by atoms with van der Waals surface area (Å²) in [7, 11) is 0. The Morgan fingerprint density at radius 1 is 1.07 bits per heavy atom. The van der Waals surface area contributed by atoms with E-state index in [1.54, 1.807) is 31.2 Å². The van der Waals surface area contributed by atoms with Crippen LogP contribution in [0.1, 0.15) is 18.2 Å². The fourth-order valence-corrected chi connectivity index (χ4v) is 9.63. The molecule has 3 aliphatic rings. The van der Waals surface area contributed by atoms with Gasteiger partial charge in [-0.1, -0.05) is 70.1 Å². The molecule has 1 aromatic carbocycles. The molecule has 230 valence electrons. The van der Waals surface area contributed by atoms with Crippen LogP contribution in [-0.2, 0) is 37.4 Å². The number of nitriles is 1. The summed E-state index contributed by atoms with van der Waals surface area (Å²) >= 11 is 45.1. The third kappa shape index (κ3) is 5.43. The van der Waals surface area contributed by atoms with Gasteiger partial charge in [0.2, 0.25) is 0 Å². The molecule has 0 unspecified atom stereocenters. The minimum Gasteiger partial charge on any atom is -0.361 e. The maximum Gasteiger partial charge on any atom is 0.432 e. The first-order chi connectivity index (χ1) is 19.5. The molecule has 1 saturated carbocycles. The van der Waals surface area contributed by atoms with Crippen LogP contribution in [0, 0.1) is 23.2 Å². The van der Waals surface area contributed by atoms with Crippen LogP contribution in [-0.4, -0.2) is 42.7 Å². The molecule has 0 spiro atoms. The quantitative estimate of drug-likeness (QED) is 0.288. The zero-order chi connectivity index (χ0) is 31.4. The van der Waals surface area contributed by atoms with Gasteiger partial charge < -0.3 is 9.30 Å². The van der Waals surface area contributed by atoms with E-state index in [-0.39, 0.29) is 52.3 Å². The molecule has 2 aliphatic carbocycles. The van der Waals surface area contributed by atoms with Gasteiger partial charge in [-0.25, -0.2) is 0 Å². The van der Waals surface area contributed by atoms with Crippen LogP contribution in [0.25, 0.3) is 11.3 Å². The fourth-order valence-electron chi connectivity index (χ4n) is 5.15. The summed E-state index contributed by atoms with van der Waals surface area (Å²) < 4.78 is 65.8. The van der Waals surface area contributed by atoms with Gasteiger partial charge in [-0.15, -0.1) is 23.2 Å². The molecular formula is C24H17BrCl7F3N2O4S. The van der Waals surface area contributed by atoms with Gasteiger partial charge >= 0.3 is 17.5 Å². The lowest BCUT2D eigenvalue weighted by molar-refractivity contribution is -0.146. The number of aromatic nitrogens is 1. The summed E-state index contributed by atoms with van der Waals surface area (Å²) in [6.07, 6.45) is -4.63. The summed E-state index contributed by atoms with van der Waals surface area (Å²) in [6, 6.07) is 8.06. The highest BCUT2D eigenvalue weighted by atomic mass is 79.9. The second-order valence-electron chi connectivity index (χ2n) is 9.16. The SMILES string of the molecule is CCOCn1c(-c2ccc(Cl)cc2)c(C#N)c(Br)c1C(F)(F)F.O=[S@]1OC[C@@H]2[C@H](CO1)[C@@]1(Cl)C(Cl)=C(Cl)[C@]2(Cl)C1(Cl)Cl. The first-order valence-electron chi connectivity index (χ1n) is 11.7. The molecule has 42 heavy (non-hydrogen) atoms. The average Bonchev–Trinajstić information content (AvgIpc) is 3.20. The highest BCUT2D eigenvalue weighted by Crippen LogP contribution is 2.76. The lowest BCUT2D eigenvalue weighted by Gasteiger charge is -2.33. The normalized spacial score (nSPS) is 29.9. The molecule has 5 atom stereocenters. The molecule has 5 rings (SSSR count). The number of allylic oxidation sites excluding steroid dienone is 2. The highest BCUT2D eigenvalue weighted by Gasteiger charge is 2.82. The first kappa shape index (κ1) is 34.9. The molecule has 0 radical (unpaired) electrons. The Labute approximate surface area is 284 Å². The third-order valence-corrected chi connectivity index (χ3v) is 13.1. The number of hydrogen-bond acceptors (Lipinski definition) is 5. The minimum atomic E-state index is -4.63. The summed E-state index contributed by atoms with van der Waals surface area (Å²) in [5, 5.41) is 9.98. The maximum absolute atomic E-state index is 13.4. The number of benzene rings is 1. The Balaban J connectivity index is 0.000000196. The van der Waals surface area contributed by atoms with Crippen LogP contribution >= 0.6 is 97.1 Å². The molecule has 1 saturated heterocycles. The predicted octanol–water partition coefficient (Wildman–Crippen LogP) is 9.15. The van der Waals surface area contributed by atoms with Gasteiger partial charge in [-0.05, 0) is 40.5 Å². The summed E-state index contributed by atoms with van der Waals surface area (Å²) in [4.78, 5) is -2.78. The van der Waals surface area contributed by atoms with Crippen LogP contribution in [0.15, 0.2) is 38.8 Å². The number of fused-ring (bicyclic) bond motifs is 5. The Bertz CT molecular complexity index is 1440. The number of nitrogens with zero attached hydrogens (tertiary/aromatic N) is 2. The van der Waals surface area contributed by atoms with E-state index in [9.17, 15) is 22.6 Å². The Hall–Kier alpha value is 0.0600. The van der Waals surface area contributed by atoms with Crippen LogP contribution in [0.5, 0.6) is 0 Å². The maximum atomic E-state index is 13.4. The van der Waals surface area contributed by atoms with E-state index in [1.807, 2.05) is 6.07 Å². The molecule has 0 N–H and O–H groups in total. The van der Waals surface area contributed by atoms with E-state index in [2.05, 4.69) is 15.9 Å². The molecular weight excluding hydrogens is 797 g/mol. The van der Waals surface area contributed by atoms with Crippen LogP contribution in [0.4, 0.5) is 13.2 Å². The van der Waals surface area contributed by atoms with E-state index in [1.165, 1.54) is 0 Å². The van der Waals surface area contributed by atoms with Gasteiger partial charge in [0.05, 0.1) is 39.0 Å². The van der Waals surface area contributed by atoms with Crippen molar-refractivity contribution in [3.63, 3.8) is 0 Å². The van der Waals surface area contributed by atoms with E-state index < -0.39 is 49.1 Å². The smallest absolute Gasteiger partial charge is 0.361 e. The third-order valence-electron chi connectivity index (χ3n) is 7.07. The van der Waals surface area contributed by atoms with Crippen LogP contribution in [0.3, 0.4) is 0 Å². The predicted molar refractivity (Wildman–Crippen MR) is 161 cm³/mol. The highest BCUT2D eigenvalue weighted by molar-refractivity contribution is 9.10. The molecule has 1 aromatic heterocycles.